The van der Waals surface area contributed by atoms with E-state index in [0.29, 0.717) is 69.9 Å². The van der Waals surface area contributed by atoms with Crippen molar-refractivity contribution in [1.29, 1.82) is 0 Å². The molecule has 0 aromatic heterocycles. The van der Waals surface area contributed by atoms with Crippen molar-refractivity contribution in [2.24, 2.45) is 35.0 Å². The van der Waals surface area contributed by atoms with E-state index in [1.54, 1.807) is 60.7 Å². The Morgan fingerprint density at radius 3 is 1.68 bits per heavy atom. The highest BCUT2D eigenvalue weighted by Crippen LogP contribution is 2.20. The highest BCUT2D eigenvalue weighted by molar-refractivity contribution is 5.98. The number of benzene rings is 1. The fraction of sp³-hybridized carbons (Fsp3) is 0.667. The molecule has 1 aromatic carbocycles. The lowest BCUT2D eigenvalue weighted by Crippen LogP contribution is -2.62. The summed E-state index contributed by atoms with van der Waals surface area (Å²) in [6.45, 7) is 13.9. The van der Waals surface area contributed by atoms with Crippen molar-refractivity contribution in [2.45, 2.75) is 199 Å². The van der Waals surface area contributed by atoms with Gasteiger partial charge in [0, 0.05) is 12.3 Å². The molecule has 0 aliphatic carbocycles. The number of phenolic OH excluding ortho intramolecular Hbond substituents is 1. The van der Waals surface area contributed by atoms with Gasteiger partial charge in [-0.2, -0.15) is 0 Å². The number of nitrogens with one attached hydrogen (secondary N) is 7. The molecule has 434 valence electrons. The van der Waals surface area contributed by atoms with Crippen molar-refractivity contribution < 1.29 is 63.3 Å². The normalized spacial score (nSPS) is 16.2. The first-order valence-corrected chi connectivity index (χ1v) is 26.8. The maximum Gasteiger partial charge on any atom is 0.329 e. The quantitative estimate of drug-likeness (QED) is 0.0330. The van der Waals surface area contributed by atoms with Gasteiger partial charge in [0.05, 0.1) is 24.0 Å². The Balaban J connectivity index is 3.04. The molecule has 0 saturated carbocycles. The number of carboxylic acid groups (broad SMARTS) is 2. The Hall–Kier alpha value is -6.46. The number of carboxylic acids is 2. The van der Waals surface area contributed by atoms with Crippen LogP contribution < -0.4 is 54.4 Å². The third-order valence-electron chi connectivity index (χ3n) is 14.0. The number of rotatable bonds is 39. The van der Waals surface area contributed by atoms with Crippen LogP contribution in [-0.4, -0.2) is 135 Å². The molecule has 0 heterocycles. The second kappa shape index (κ2) is 34.3. The molecule has 16 N–H and O–H groups in total. The first-order chi connectivity index (χ1) is 36.1. The number of carbonyl (C=O) groups excluding carboxylic acids is 8. The minimum absolute atomic E-state index is 0.0577. The zero-order valence-corrected chi connectivity index (χ0v) is 46.6. The predicted molar refractivity (Wildman–Crippen MR) is 290 cm³/mol. The van der Waals surface area contributed by atoms with Crippen molar-refractivity contribution in [3.63, 3.8) is 0 Å². The minimum atomic E-state index is -1.73. The van der Waals surface area contributed by atoms with E-state index in [4.69, 9.17) is 17.2 Å². The van der Waals surface area contributed by atoms with Gasteiger partial charge in [-0.25, -0.2) is 4.79 Å². The van der Waals surface area contributed by atoms with Crippen LogP contribution in [0.5, 0.6) is 5.75 Å². The number of Topliss-reactive ketones (excluding diaryl/α,β-unsaturated/α-hetero) is 1. The number of phenols is 1. The molecule has 0 spiro atoms. The lowest BCUT2D eigenvalue weighted by atomic mass is 9.89. The van der Waals surface area contributed by atoms with Crippen molar-refractivity contribution in [1.82, 2.24) is 37.2 Å². The van der Waals surface area contributed by atoms with Gasteiger partial charge in [0.1, 0.15) is 35.5 Å². The summed E-state index contributed by atoms with van der Waals surface area (Å²) < 4.78 is 0. The molecule has 10 atom stereocenters. The smallest absolute Gasteiger partial charge is 0.329 e. The van der Waals surface area contributed by atoms with Crippen LogP contribution in [0.15, 0.2) is 36.4 Å². The number of carbonyl (C=O) groups is 10. The first kappa shape index (κ1) is 68.6. The molecule has 77 heavy (non-hydrogen) atoms. The molecule has 0 radical (unpaired) electrons. The number of unbranched alkanes of at least 4 members (excludes halogenated alkanes) is 3. The number of aromatic hydroxyl groups is 1. The van der Waals surface area contributed by atoms with Gasteiger partial charge in [-0.3, -0.25) is 43.2 Å². The van der Waals surface area contributed by atoms with E-state index in [0.717, 1.165) is 0 Å². The van der Waals surface area contributed by atoms with Crippen molar-refractivity contribution in [2.75, 3.05) is 13.6 Å². The molecule has 1 aromatic rings. The molecule has 0 bridgehead atoms. The molecule has 0 fully saturated rings. The van der Waals surface area contributed by atoms with Crippen molar-refractivity contribution >= 4 is 59.1 Å². The van der Waals surface area contributed by atoms with Crippen LogP contribution in [-0.2, 0) is 54.4 Å². The molecule has 7 amide bonds. The summed E-state index contributed by atoms with van der Waals surface area (Å²) in [5.41, 5.74) is 15.0. The van der Waals surface area contributed by atoms with Crippen LogP contribution >= 0.6 is 0 Å². The van der Waals surface area contributed by atoms with Gasteiger partial charge in [0.25, 0.3) is 0 Å². The topological polar surface area (TPSA) is 394 Å². The maximum absolute atomic E-state index is 14.0. The lowest BCUT2D eigenvalue weighted by molar-refractivity contribution is -0.147. The van der Waals surface area contributed by atoms with Crippen LogP contribution in [0.3, 0.4) is 0 Å². The molecule has 0 aliphatic rings. The fourth-order valence-corrected chi connectivity index (χ4v) is 8.15. The molecular formula is C54H90N10O13. The minimum Gasteiger partial charge on any atom is -0.508 e. The van der Waals surface area contributed by atoms with Crippen LogP contribution in [0.4, 0.5) is 0 Å². The molecule has 0 saturated heterocycles. The highest BCUT2D eigenvalue weighted by Gasteiger charge is 2.39. The van der Waals surface area contributed by atoms with E-state index < -0.39 is 119 Å². The Morgan fingerprint density at radius 1 is 0.649 bits per heavy atom. The predicted octanol–water partition coefficient (Wildman–Crippen LogP) is 1.71. The standard InChI is InChI=1S/C54H90N10O13/c1-10-33(5)43(45(69)32(3)4)62-47(71)39(25-26-41(57)66)60-48(72)40(31-42(67)68)61-50(74)44(34(6)11-2)63-51(75)53(7,58-9)27-17-14-12-13-15-18-28-54(8,52(76)77)64-49(73)38(20-16-19-29-55)59-46(70)37(56)30-35-21-23-36(65)24-22-35/h12-13,21-24,32-34,37-40,43-44,58,65H,10-11,14-20,25-31,55-56H2,1-9H3,(H2,57,66)(H,59,70)(H,60,72)(H,61,74)(H,62,71)(H,63,75)(H,64,73)(H,67,68)(H,76,77)/b13-12+/t33-,34-,37-,38-,39-,40-,43-,44-,53-,54-/m0/s1. The molecular weight excluding hydrogens is 997 g/mol. The first-order valence-electron chi connectivity index (χ1n) is 26.8. The van der Waals surface area contributed by atoms with E-state index in [-0.39, 0.29) is 49.6 Å². The van der Waals surface area contributed by atoms with E-state index >= 15 is 0 Å². The zero-order chi connectivity index (χ0) is 58.6. The molecule has 0 aliphatic heterocycles. The Labute approximate surface area is 453 Å². The third-order valence-corrected chi connectivity index (χ3v) is 14.0. The molecule has 23 nitrogen and oxygen atoms in total. The van der Waals surface area contributed by atoms with Crippen molar-refractivity contribution in [3.8, 4) is 5.75 Å². The van der Waals surface area contributed by atoms with Crippen LogP contribution in [0, 0.1) is 17.8 Å². The summed E-state index contributed by atoms with van der Waals surface area (Å²) in [6, 6.07) is -1.22. The van der Waals surface area contributed by atoms with Crippen LogP contribution in [0.25, 0.3) is 0 Å². The number of likely N-dealkylation sites (N-methyl/N-ethyl adjacent to an activating group) is 1. The van der Waals surface area contributed by atoms with E-state index in [9.17, 15) is 63.3 Å². The van der Waals surface area contributed by atoms with E-state index in [2.05, 4.69) is 37.2 Å². The Morgan fingerprint density at radius 2 is 1.17 bits per heavy atom. The van der Waals surface area contributed by atoms with E-state index in [1.165, 1.54) is 19.1 Å². The summed E-state index contributed by atoms with van der Waals surface area (Å²) in [7, 11) is 1.58. The SMILES string of the molecule is CC[C@H](C)[C@H](NC(=O)[C@](C)(CCC/C=C/CCC[C@](C)(NC(=O)[C@H](CCCCN)NC(=O)[C@@H](N)Cc1ccc(O)cc1)C(=O)O)NC)C(=O)N[C@@H](CC(=O)O)C(=O)N[C@@H](CCC(N)=O)C(=O)N[C@H](C(=O)C(C)C)[C@@H](C)CC. The number of primary amides is 1. The molecule has 1 rings (SSSR count). The summed E-state index contributed by atoms with van der Waals surface area (Å²) in [4.78, 5) is 131. The average Bonchev–Trinajstić information content (AvgIpc) is 3.37. The van der Waals surface area contributed by atoms with Gasteiger partial charge in [0.15, 0.2) is 5.78 Å². The van der Waals surface area contributed by atoms with Gasteiger partial charge in [-0.1, -0.05) is 78.7 Å². The fourth-order valence-electron chi connectivity index (χ4n) is 8.15. The molecule has 0 unspecified atom stereocenters. The van der Waals surface area contributed by atoms with Gasteiger partial charge >= 0.3 is 11.9 Å². The van der Waals surface area contributed by atoms with Gasteiger partial charge in [-0.15, -0.1) is 0 Å². The molecule has 23 heteroatoms. The number of amides is 7. The second-order valence-electron chi connectivity index (χ2n) is 20.8. The largest absolute Gasteiger partial charge is 0.508 e. The summed E-state index contributed by atoms with van der Waals surface area (Å²) in [6.07, 6.45) is 6.73. The third kappa shape index (κ3) is 24.2. The number of allylic oxidation sites excluding steroid dienone is 2. The number of aliphatic carboxylic acids is 2. The number of nitrogens with two attached hydrogens (primary N) is 3. The van der Waals surface area contributed by atoms with Gasteiger partial charge < -0.3 is 69.7 Å². The van der Waals surface area contributed by atoms with E-state index in [1.807, 2.05) is 19.1 Å². The highest BCUT2D eigenvalue weighted by atomic mass is 16.4. The van der Waals surface area contributed by atoms with Gasteiger partial charge in [0.2, 0.25) is 41.4 Å². The monoisotopic (exact) mass is 1090 g/mol. The average molecular weight is 1090 g/mol. The maximum atomic E-state index is 14.0. The van der Waals surface area contributed by atoms with Crippen LogP contribution in [0.2, 0.25) is 0 Å². The lowest BCUT2D eigenvalue weighted by Gasteiger charge is -2.32. The summed E-state index contributed by atoms with van der Waals surface area (Å²) in [5.74, 6) is -9.46. The summed E-state index contributed by atoms with van der Waals surface area (Å²) >= 11 is 0. The number of hydrogen-bond acceptors (Lipinski definition) is 14. The van der Waals surface area contributed by atoms with Crippen LogP contribution in [0.1, 0.15) is 151 Å². The second-order valence-corrected chi connectivity index (χ2v) is 20.8. The summed E-state index contributed by atoms with van der Waals surface area (Å²) in [5, 5.41) is 48.2. The number of hydrogen-bond donors (Lipinski definition) is 13. The zero-order valence-electron chi connectivity index (χ0n) is 46.6. The number of ketones is 1. The van der Waals surface area contributed by atoms with Crippen molar-refractivity contribution in [3.05, 3.63) is 42.0 Å². The Kier molecular flexibility index (Phi) is 30.6. The Bertz CT molecular complexity index is 2160. The van der Waals surface area contributed by atoms with Gasteiger partial charge in [-0.05, 0) is 128 Å².